The van der Waals surface area contributed by atoms with Crippen molar-refractivity contribution in [3.63, 3.8) is 0 Å². The standard InChI is InChI=1S/C13H15ClN2O2/c1-2-15-8-11-12(14)4-3-5-13(11)17-9-10-6-7-16-18-10/h3-7,15H,2,8-9H2,1H3. The quantitative estimate of drug-likeness (QED) is 0.873. The predicted octanol–water partition coefficient (Wildman–Crippen LogP) is 3.02. The van der Waals surface area contributed by atoms with Gasteiger partial charge in [-0.05, 0) is 18.7 Å². The minimum absolute atomic E-state index is 0.347. The molecule has 18 heavy (non-hydrogen) atoms. The van der Waals surface area contributed by atoms with Crippen LogP contribution in [-0.4, -0.2) is 11.7 Å². The van der Waals surface area contributed by atoms with Gasteiger partial charge in [0, 0.05) is 23.2 Å². The Morgan fingerprint density at radius 3 is 3.00 bits per heavy atom. The number of rotatable bonds is 6. The van der Waals surface area contributed by atoms with Gasteiger partial charge in [0.25, 0.3) is 0 Å². The summed E-state index contributed by atoms with van der Waals surface area (Å²) in [6.45, 7) is 3.96. The number of benzene rings is 1. The first-order chi connectivity index (χ1) is 8.81. The highest BCUT2D eigenvalue weighted by Crippen LogP contribution is 2.27. The van der Waals surface area contributed by atoms with Crippen LogP contribution in [0, 0.1) is 0 Å². The van der Waals surface area contributed by atoms with Crippen molar-refractivity contribution in [2.75, 3.05) is 6.54 Å². The Morgan fingerprint density at radius 2 is 2.28 bits per heavy atom. The van der Waals surface area contributed by atoms with Gasteiger partial charge in [-0.25, -0.2) is 0 Å². The van der Waals surface area contributed by atoms with Crippen molar-refractivity contribution in [1.82, 2.24) is 10.5 Å². The molecule has 0 fully saturated rings. The van der Waals surface area contributed by atoms with Gasteiger partial charge in [-0.1, -0.05) is 29.7 Å². The third-order valence-electron chi connectivity index (χ3n) is 2.49. The normalized spacial score (nSPS) is 10.6. The van der Waals surface area contributed by atoms with Crippen molar-refractivity contribution in [1.29, 1.82) is 0 Å². The highest BCUT2D eigenvalue weighted by atomic mass is 35.5. The van der Waals surface area contributed by atoms with Gasteiger partial charge in [-0.15, -0.1) is 0 Å². The third-order valence-corrected chi connectivity index (χ3v) is 2.84. The molecular formula is C13H15ClN2O2. The predicted molar refractivity (Wildman–Crippen MR) is 69.7 cm³/mol. The molecule has 96 valence electrons. The zero-order chi connectivity index (χ0) is 12.8. The Morgan fingerprint density at radius 1 is 1.39 bits per heavy atom. The lowest BCUT2D eigenvalue weighted by Crippen LogP contribution is -2.13. The average Bonchev–Trinajstić information content (AvgIpc) is 2.88. The van der Waals surface area contributed by atoms with Crippen molar-refractivity contribution >= 4 is 11.6 Å². The molecule has 0 spiro atoms. The first-order valence-electron chi connectivity index (χ1n) is 5.81. The summed E-state index contributed by atoms with van der Waals surface area (Å²) in [4.78, 5) is 0. The van der Waals surface area contributed by atoms with Crippen molar-refractivity contribution in [3.8, 4) is 5.75 Å². The summed E-state index contributed by atoms with van der Waals surface area (Å²) in [6, 6.07) is 7.40. The number of hydrogen-bond acceptors (Lipinski definition) is 4. The second-order valence-electron chi connectivity index (χ2n) is 3.76. The largest absolute Gasteiger partial charge is 0.485 e. The molecule has 4 nitrogen and oxygen atoms in total. The van der Waals surface area contributed by atoms with Crippen molar-refractivity contribution in [2.24, 2.45) is 0 Å². The minimum Gasteiger partial charge on any atom is -0.485 e. The van der Waals surface area contributed by atoms with Gasteiger partial charge in [0.15, 0.2) is 5.76 Å². The van der Waals surface area contributed by atoms with E-state index in [-0.39, 0.29) is 0 Å². The summed E-state index contributed by atoms with van der Waals surface area (Å²) >= 11 is 6.17. The van der Waals surface area contributed by atoms with Crippen LogP contribution in [0.2, 0.25) is 5.02 Å². The van der Waals surface area contributed by atoms with Crippen molar-refractivity contribution < 1.29 is 9.26 Å². The summed E-state index contributed by atoms with van der Waals surface area (Å²) in [5.74, 6) is 1.45. The number of nitrogens with one attached hydrogen (secondary N) is 1. The molecule has 0 bridgehead atoms. The molecule has 0 amide bonds. The molecule has 0 saturated carbocycles. The first kappa shape index (κ1) is 12.9. The van der Waals surface area contributed by atoms with Gasteiger partial charge in [0.2, 0.25) is 0 Å². The molecule has 0 unspecified atom stereocenters. The molecule has 0 aliphatic heterocycles. The van der Waals surface area contributed by atoms with E-state index in [9.17, 15) is 0 Å². The van der Waals surface area contributed by atoms with E-state index >= 15 is 0 Å². The zero-order valence-electron chi connectivity index (χ0n) is 10.1. The fourth-order valence-electron chi connectivity index (χ4n) is 1.56. The van der Waals surface area contributed by atoms with Crippen LogP contribution < -0.4 is 10.1 Å². The molecule has 1 aromatic heterocycles. The Bertz CT molecular complexity index is 486. The number of ether oxygens (including phenoxy) is 1. The van der Waals surface area contributed by atoms with E-state index in [0.717, 1.165) is 17.9 Å². The molecule has 0 aliphatic rings. The Kier molecular flexibility index (Phi) is 4.61. The second kappa shape index (κ2) is 6.42. The van der Waals surface area contributed by atoms with Gasteiger partial charge >= 0.3 is 0 Å². The maximum atomic E-state index is 6.17. The summed E-state index contributed by atoms with van der Waals surface area (Å²) in [6.07, 6.45) is 1.59. The molecule has 1 heterocycles. The van der Waals surface area contributed by atoms with Crippen LogP contribution in [0.3, 0.4) is 0 Å². The molecular weight excluding hydrogens is 252 g/mol. The SMILES string of the molecule is CCNCc1c(Cl)cccc1OCc1ccno1. The summed E-state index contributed by atoms with van der Waals surface area (Å²) in [5.41, 5.74) is 0.959. The van der Waals surface area contributed by atoms with Crippen LogP contribution in [0.1, 0.15) is 18.2 Å². The molecule has 2 rings (SSSR count). The molecule has 0 atom stereocenters. The monoisotopic (exact) mass is 266 g/mol. The van der Waals surface area contributed by atoms with Crippen LogP contribution >= 0.6 is 11.6 Å². The molecule has 1 aromatic carbocycles. The Hall–Kier alpha value is -1.52. The highest BCUT2D eigenvalue weighted by Gasteiger charge is 2.08. The molecule has 0 aliphatic carbocycles. The molecule has 5 heteroatoms. The van der Waals surface area contributed by atoms with Crippen LogP contribution in [0.5, 0.6) is 5.75 Å². The number of hydrogen-bond donors (Lipinski definition) is 1. The van der Waals surface area contributed by atoms with E-state index < -0.39 is 0 Å². The Labute approximate surface area is 111 Å². The van der Waals surface area contributed by atoms with Gasteiger partial charge < -0.3 is 14.6 Å². The van der Waals surface area contributed by atoms with Crippen molar-refractivity contribution in [3.05, 3.63) is 46.8 Å². The van der Waals surface area contributed by atoms with Gasteiger partial charge in [-0.2, -0.15) is 0 Å². The molecule has 0 radical (unpaired) electrons. The van der Waals surface area contributed by atoms with E-state index in [1.165, 1.54) is 0 Å². The summed E-state index contributed by atoms with van der Waals surface area (Å²) < 4.78 is 10.7. The summed E-state index contributed by atoms with van der Waals surface area (Å²) in [5, 5.41) is 7.57. The second-order valence-corrected chi connectivity index (χ2v) is 4.17. The zero-order valence-corrected chi connectivity index (χ0v) is 10.9. The highest BCUT2D eigenvalue weighted by molar-refractivity contribution is 6.31. The first-order valence-corrected chi connectivity index (χ1v) is 6.19. The van der Waals surface area contributed by atoms with Crippen LogP contribution in [-0.2, 0) is 13.2 Å². The van der Waals surface area contributed by atoms with Crippen LogP contribution in [0.25, 0.3) is 0 Å². The van der Waals surface area contributed by atoms with E-state index in [1.807, 2.05) is 25.1 Å². The van der Waals surface area contributed by atoms with Crippen LogP contribution in [0.4, 0.5) is 0 Å². The van der Waals surface area contributed by atoms with Gasteiger partial charge in [0.1, 0.15) is 12.4 Å². The number of aromatic nitrogens is 1. The number of halogens is 1. The van der Waals surface area contributed by atoms with Crippen molar-refractivity contribution in [2.45, 2.75) is 20.1 Å². The topological polar surface area (TPSA) is 47.3 Å². The van der Waals surface area contributed by atoms with E-state index in [0.29, 0.717) is 23.9 Å². The fraction of sp³-hybridized carbons (Fsp3) is 0.308. The minimum atomic E-state index is 0.347. The molecule has 2 aromatic rings. The maximum absolute atomic E-state index is 6.17. The molecule has 1 N–H and O–H groups in total. The van der Waals surface area contributed by atoms with E-state index in [1.54, 1.807) is 12.3 Å². The van der Waals surface area contributed by atoms with Crippen LogP contribution in [0.15, 0.2) is 35.0 Å². The number of nitrogens with zero attached hydrogens (tertiary/aromatic N) is 1. The van der Waals surface area contributed by atoms with E-state index in [4.69, 9.17) is 20.9 Å². The third kappa shape index (κ3) is 3.24. The smallest absolute Gasteiger partial charge is 0.174 e. The summed E-state index contributed by atoms with van der Waals surface area (Å²) in [7, 11) is 0. The lowest BCUT2D eigenvalue weighted by Gasteiger charge is -2.12. The fourth-order valence-corrected chi connectivity index (χ4v) is 1.79. The lowest BCUT2D eigenvalue weighted by atomic mass is 10.2. The van der Waals surface area contributed by atoms with Gasteiger partial charge in [0.05, 0.1) is 6.20 Å². The van der Waals surface area contributed by atoms with Gasteiger partial charge in [-0.3, -0.25) is 0 Å². The maximum Gasteiger partial charge on any atom is 0.174 e. The average molecular weight is 267 g/mol. The Balaban J connectivity index is 2.08. The lowest BCUT2D eigenvalue weighted by molar-refractivity contribution is 0.247. The molecule has 0 saturated heterocycles. The van der Waals surface area contributed by atoms with E-state index in [2.05, 4.69) is 10.5 Å².